The lowest BCUT2D eigenvalue weighted by Crippen LogP contribution is -2.24. The molecule has 1 rings (SSSR count). The van der Waals surface area contributed by atoms with Crippen LogP contribution in [-0.2, 0) is 5.41 Å². The van der Waals surface area contributed by atoms with Gasteiger partial charge in [-0.2, -0.15) is 5.26 Å². The molecule has 0 bridgehead atoms. The van der Waals surface area contributed by atoms with Crippen molar-refractivity contribution in [3.63, 3.8) is 0 Å². The van der Waals surface area contributed by atoms with Crippen LogP contribution in [0.2, 0.25) is 0 Å². The van der Waals surface area contributed by atoms with Crippen LogP contribution in [0.15, 0.2) is 24.3 Å². The van der Waals surface area contributed by atoms with E-state index in [9.17, 15) is 5.26 Å². The number of alkyl halides is 1. The van der Waals surface area contributed by atoms with E-state index in [1.807, 2.05) is 24.3 Å². The van der Waals surface area contributed by atoms with Crippen molar-refractivity contribution in [2.45, 2.75) is 31.6 Å². The van der Waals surface area contributed by atoms with Crippen LogP contribution >= 0.6 is 15.9 Å². The van der Waals surface area contributed by atoms with Crippen LogP contribution in [0.4, 0.5) is 0 Å². The number of rotatable bonds is 6. The summed E-state index contributed by atoms with van der Waals surface area (Å²) in [4.78, 5) is 0. The van der Waals surface area contributed by atoms with Gasteiger partial charge in [0, 0.05) is 5.33 Å². The highest BCUT2D eigenvalue weighted by molar-refractivity contribution is 9.09. The minimum Gasteiger partial charge on any atom is -0.497 e. The topological polar surface area (TPSA) is 33.0 Å². The number of ether oxygens (including phenoxy) is 1. The Balaban J connectivity index is 3.15. The van der Waals surface area contributed by atoms with Crippen molar-refractivity contribution in [2.24, 2.45) is 0 Å². The first kappa shape index (κ1) is 14.1. The van der Waals surface area contributed by atoms with E-state index in [0.717, 1.165) is 35.9 Å². The van der Waals surface area contributed by atoms with Gasteiger partial charge >= 0.3 is 0 Å². The molecule has 2 nitrogen and oxygen atoms in total. The second kappa shape index (κ2) is 6.66. The Morgan fingerprint density at radius 2 is 2.18 bits per heavy atom. The summed E-state index contributed by atoms with van der Waals surface area (Å²) in [5.74, 6) is 0.813. The summed E-state index contributed by atoms with van der Waals surface area (Å²) in [7, 11) is 1.65. The molecule has 0 aromatic heterocycles. The molecule has 0 aliphatic heterocycles. The van der Waals surface area contributed by atoms with E-state index < -0.39 is 5.41 Å². The van der Waals surface area contributed by atoms with Gasteiger partial charge in [0.1, 0.15) is 5.75 Å². The third-order valence-electron chi connectivity index (χ3n) is 3.03. The number of nitriles is 1. The molecule has 1 aromatic rings. The van der Waals surface area contributed by atoms with Crippen LogP contribution in [0, 0.1) is 11.3 Å². The van der Waals surface area contributed by atoms with Crippen LogP contribution < -0.4 is 4.74 Å². The second-order valence-electron chi connectivity index (χ2n) is 4.11. The molecular weight excluding hydrogens is 278 g/mol. The van der Waals surface area contributed by atoms with Gasteiger partial charge in [0.05, 0.1) is 18.6 Å². The molecule has 0 fully saturated rings. The zero-order chi connectivity index (χ0) is 12.7. The van der Waals surface area contributed by atoms with Gasteiger partial charge in [-0.25, -0.2) is 0 Å². The summed E-state index contributed by atoms with van der Waals surface area (Å²) in [5, 5.41) is 10.4. The normalized spacial score (nSPS) is 13.8. The zero-order valence-electron chi connectivity index (χ0n) is 10.4. The number of methoxy groups -OCH3 is 1. The summed E-state index contributed by atoms with van der Waals surface area (Å²) in [6, 6.07) is 10.3. The predicted octanol–water partition coefficient (Wildman–Crippen LogP) is 4.04. The Bertz CT molecular complexity index is 391. The lowest BCUT2D eigenvalue weighted by atomic mass is 9.76. The fraction of sp³-hybridized carbons (Fsp3) is 0.500. The fourth-order valence-corrected chi connectivity index (χ4v) is 2.78. The largest absolute Gasteiger partial charge is 0.497 e. The van der Waals surface area contributed by atoms with E-state index in [1.54, 1.807) is 7.11 Å². The van der Waals surface area contributed by atoms with Gasteiger partial charge in [0.2, 0.25) is 0 Å². The highest BCUT2D eigenvalue weighted by Crippen LogP contribution is 2.34. The highest BCUT2D eigenvalue weighted by Gasteiger charge is 2.30. The molecular formula is C14H18BrNO. The van der Waals surface area contributed by atoms with E-state index >= 15 is 0 Å². The summed E-state index contributed by atoms with van der Waals surface area (Å²) in [6.45, 7) is 2.11. The molecule has 0 N–H and O–H groups in total. The van der Waals surface area contributed by atoms with E-state index in [2.05, 4.69) is 28.9 Å². The average molecular weight is 296 g/mol. The average Bonchev–Trinajstić information content (AvgIpc) is 2.38. The van der Waals surface area contributed by atoms with Crippen molar-refractivity contribution < 1.29 is 4.74 Å². The molecule has 1 aromatic carbocycles. The predicted molar refractivity (Wildman–Crippen MR) is 73.6 cm³/mol. The van der Waals surface area contributed by atoms with Crippen LogP contribution in [0.5, 0.6) is 5.75 Å². The molecule has 0 amide bonds. The van der Waals surface area contributed by atoms with Gasteiger partial charge in [-0.05, 0) is 30.5 Å². The smallest absolute Gasteiger partial charge is 0.119 e. The molecule has 3 heteroatoms. The molecule has 0 saturated heterocycles. The van der Waals surface area contributed by atoms with E-state index in [0.29, 0.717) is 0 Å². The first-order chi connectivity index (χ1) is 8.22. The molecule has 0 saturated carbocycles. The number of nitrogens with zero attached hydrogens (tertiary/aromatic N) is 1. The number of hydrogen-bond acceptors (Lipinski definition) is 2. The zero-order valence-corrected chi connectivity index (χ0v) is 12.0. The lowest BCUT2D eigenvalue weighted by Gasteiger charge is -2.26. The van der Waals surface area contributed by atoms with Crippen LogP contribution in [0.25, 0.3) is 0 Å². The molecule has 0 aliphatic rings. The SMILES string of the molecule is CCC[C@@](C#N)(CCBr)c1cccc(OC)c1. The number of halogens is 1. The molecule has 0 unspecified atom stereocenters. The fourth-order valence-electron chi connectivity index (χ4n) is 2.10. The van der Waals surface area contributed by atoms with Crippen molar-refractivity contribution in [1.82, 2.24) is 0 Å². The monoisotopic (exact) mass is 295 g/mol. The number of hydrogen-bond donors (Lipinski definition) is 0. The van der Waals surface area contributed by atoms with Crippen LogP contribution in [0.1, 0.15) is 31.7 Å². The van der Waals surface area contributed by atoms with Gasteiger partial charge in [-0.15, -0.1) is 0 Å². The molecule has 92 valence electrons. The van der Waals surface area contributed by atoms with Gasteiger partial charge < -0.3 is 4.74 Å². The van der Waals surface area contributed by atoms with Crippen LogP contribution in [-0.4, -0.2) is 12.4 Å². The first-order valence-corrected chi connectivity index (χ1v) is 6.96. The lowest BCUT2D eigenvalue weighted by molar-refractivity contribution is 0.411. The van der Waals surface area contributed by atoms with Crippen molar-refractivity contribution >= 4 is 15.9 Å². The maximum atomic E-state index is 9.54. The minimum absolute atomic E-state index is 0.396. The summed E-state index contributed by atoms with van der Waals surface area (Å²) in [6.07, 6.45) is 2.70. The Morgan fingerprint density at radius 1 is 1.41 bits per heavy atom. The Morgan fingerprint density at radius 3 is 2.71 bits per heavy atom. The summed E-state index contributed by atoms with van der Waals surface area (Å²) >= 11 is 3.45. The quantitative estimate of drug-likeness (QED) is 0.742. The third kappa shape index (κ3) is 3.23. The van der Waals surface area contributed by atoms with Gasteiger partial charge in [0.15, 0.2) is 0 Å². The Labute approximate surface area is 112 Å². The number of benzene rings is 1. The van der Waals surface area contributed by atoms with Crippen molar-refractivity contribution in [3.8, 4) is 11.8 Å². The van der Waals surface area contributed by atoms with E-state index in [-0.39, 0.29) is 0 Å². The first-order valence-electron chi connectivity index (χ1n) is 5.84. The molecule has 17 heavy (non-hydrogen) atoms. The van der Waals surface area contributed by atoms with Gasteiger partial charge in [0.25, 0.3) is 0 Å². The Kier molecular flexibility index (Phi) is 5.50. The third-order valence-corrected chi connectivity index (χ3v) is 3.43. The minimum atomic E-state index is -0.396. The van der Waals surface area contributed by atoms with Gasteiger partial charge in [-0.1, -0.05) is 41.4 Å². The van der Waals surface area contributed by atoms with E-state index in [4.69, 9.17) is 4.74 Å². The molecule has 0 heterocycles. The maximum absolute atomic E-state index is 9.54. The van der Waals surface area contributed by atoms with Crippen LogP contribution in [0.3, 0.4) is 0 Å². The Hall–Kier alpha value is -1.01. The second-order valence-corrected chi connectivity index (χ2v) is 4.91. The molecule has 0 aliphatic carbocycles. The van der Waals surface area contributed by atoms with Crippen molar-refractivity contribution in [3.05, 3.63) is 29.8 Å². The summed E-state index contributed by atoms with van der Waals surface area (Å²) < 4.78 is 5.23. The van der Waals surface area contributed by atoms with Crippen molar-refractivity contribution in [1.29, 1.82) is 5.26 Å². The van der Waals surface area contributed by atoms with Gasteiger partial charge in [-0.3, -0.25) is 0 Å². The summed E-state index contributed by atoms with van der Waals surface area (Å²) in [5.41, 5.74) is 0.660. The molecule has 0 radical (unpaired) electrons. The molecule has 0 spiro atoms. The standard InChI is InChI=1S/C14H18BrNO/c1-3-7-14(11-16,8-9-15)12-5-4-6-13(10-12)17-2/h4-6,10H,3,7-9H2,1-2H3/t14-/m0/s1. The maximum Gasteiger partial charge on any atom is 0.119 e. The van der Waals surface area contributed by atoms with Crippen molar-refractivity contribution in [2.75, 3.05) is 12.4 Å². The van der Waals surface area contributed by atoms with E-state index in [1.165, 1.54) is 0 Å². The molecule has 1 atom stereocenters. The highest BCUT2D eigenvalue weighted by atomic mass is 79.9.